The Kier molecular flexibility index (Phi) is 3.16. The van der Waals surface area contributed by atoms with Gasteiger partial charge in [-0.25, -0.2) is 0 Å². The lowest BCUT2D eigenvalue weighted by atomic mass is 9.96. The van der Waals surface area contributed by atoms with Crippen LogP contribution in [0.2, 0.25) is 5.15 Å². The summed E-state index contributed by atoms with van der Waals surface area (Å²) in [4.78, 5) is 14.9. The summed E-state index contributed by atoms with van der Waals surface area (Å²) in [7, 11) is 0. The minimum absolute atomic E-state index is 0.0160. The predicted molar refractivity (Wildman–Crippen MR) is 82.8 cm³/mol. The molecule has 21 heavy (non-hydrogen) atoms. The van der Waals surface area contributed by atoms with Gasteiger partial charge in [-0.15, -0.1) is 0 Å². The van der Waals surface area contributed by atoms with Gasteiger partial charge in [0.25, 0.3) is 5.91 Å². The van der Waals surface area contributed by atoms with E-state index in [1.165, 1.54) is 19.5 Å². The fourth-order valence-corrected chi connectivity index (χ4v) is 3.87. The molecule has 2 aromatic rings. The van der Waals surface area contributed by atoms with Crippen LogP contribution >= 0.6 is 11.6 Å². The summed E-state index contributed by atoms with van der Waals surface area (Å²) in [6, 6.07) is 7.76. The van der Waals surface area contributed by atoms with Crippen LogP contribution in [-0.4, -0.2) is 40.9 Å². The zero-order valence-corrected chi connectivity index (χ0v) is 12.5. The third-order valence-corrected chi connectivity index (χ3v) is 4.98. The fraction of sp³-hybridized carbons (Fsp3) is 0.438. The first kappa shape index (κ1) is 13.2. The first-order valence-corrected chi connectivity index (χ1v) is 7.87. The quantitative estimate of drug-likeness (QED) is 0.925. The minimum Gasteiger partial charge on any atom is -0.348 e. The Morgan fingerprint density at radius 3 is 3.05 bits per heavy atom. The van der Waals surface area contributed by atoms with E-state index in [1.54, 1.807) is 0 Å². The molecular weight excluding hydrogens is 286 g/mol. The number of carbonyl (C=O) groups excluding carboxylic acids is 1. The van der Waals surface area contributed by atoms with Gasteiger partial charge in [-0.3, -0.25) is 4.79 Å². The second kappa shape index (κ2) is 5.04. The number of nitrogens with one attached hydrogen (secondary N) is 1. The van der Waals surface area contributed by atoms with Crippen LogP contribution in [-0.2, 0) is 0 Å². The molecule has 2 aliphatic rings. The molecule has 4 nitrogen and oxygen atoms in total. The smallest absolute Gasteiger partial charge is 0.251 e. The van der Waals surface area contributed by atoms with Crippen LogP contribution in [0, 0.1) is 5.92 Å². The molecule has 2 bridgehead atoms. The molecule has 1 N–H and O–H groups in total. The Bertz CT molecular complexity index is 684. The van der Waals surface area contributed by atoms with Crippen LogP contribution in [0.25, 0.3) is 5.52 Å². The van der Waals surface area contributed by atoms with Crippen molar-refractivity contribution in [3.8, 4) is 0 Å². The number of rotatable bonds is 2. The standard InChI is InChI=1S/C16H18ClN3O/c17-15-2-1-14-8-12(4-6-20(14)15)16(21)18-13-7-11-3-5-19(9-11)10-13/h1-2,4,6,8,11,13H,3,5,7,9-10H2,(H,18,21)/t11-,13-/m1/s1. The van der Waals surface area contributed by atoms with Gasteiger partial charge in [0.2, 0.25) is 0 Å². The lowest BCUT2D eigenvalue weighted by Crippen LogP contribution is -2.47. The van der Waals surface area contributed by atoms with Crippen LogP contribution < -0.4 is 5.32 Å². The van der Waals surface area contributed by atoms with E-state index in [1.807, 2.05) is 34.9 Å². The van der Waals surface area contributed by atoms with E-state index < -0.39 is 0 Å². The van der Waals surface area contributed by atoms with E-state index in [2.05, 4.69) is 10.2 Å². The molecular formula is C16H18ClN3O. The summed E-state index contributed by atoms with van der Waals surface area (Å²) < 4.78 is 1.87. The van der Waals surface area contributed by atoms with Crippen molar-refractivity contribution in [1.82, 2.24) is 14.6 Å². The van der Waals surface area contributed by atoms with Gasteiger partial charge in [0.15, 0.2) is 0 Å². The Balaban J connectivity index is 1.50. The first-order chi connectivity index (χ1) is 10.2. The van der Waals surface area contributed by atoms with Gasteiger partial charge in [0.05, 0.1) is 0 Å². The van der Waals surface area contributed by atoms with Crippen LogP contribution in [0.1, 0.15) is 23.2 Å². The highest BCUT2D eigenvalue weighted by Crippen LogP contribution is 2.27. The third kappa shape index (κ3) is 2.43. The van der Waals surface area contributed by atoms with Crippen molar-refractivity contribution in [3.63, 3.8) is 0 Å². The van der Waals surface area contributed by atoms with E-state index in [0.29, 0.717) is 10.7 Å². The molecule has 0 saturated carbocycles. The van der Waals surface area contributed by atoms with Crippen molar-refractivity contribution in [1.29, 1.82) is 0 Å². The van der Waals surface area contributed by atoms with Gasteiger partial charge in [-0.2, -0.15) is 0 Å². The van der Waals surface area contributed by atoms with Crippen LogP contribution in [0.5, 0.6) is 0 Å². The number of hydrogen-bond donors (Lipinski definition) is 1. The Hall–Kier alpha value is -1.52. The number of nitrogens with zero attached hydrogens (tertiary/aromatic N) is 2. The van der Waals surface area contributed by atoms with Crippen molar-refractivity contribution in [2.24, 2.45) is 5.92 Å². The number of piperidine rings is 1. The molecule has 1 unspecified atom stereocenters. The van der Waals surface area contributed by atoms with E-state index in [9.17, 15) is 4.79 Å². The second-order valence-corrected chi connectivity index (χ2v) is 6.57. The van der Waals surface area contributed by atoms with Crippen LogP contribution in [0.3, 0.4) is 0 Å². The summed E-state index contributed by atoms with van der Waals surface area (Å²) in [6.07, 6.45) is 4.24. The number of fused-ring (bicyclic) bond motifs is 3. The number of halogens is 1. The highest BCUT2D eigenvalue weighted by molar-refractivity contribution is 6.30. The molecule has 2 fully saturated rings. The number of aromatic nitrogens is 1. The van der Waals surface area contributed by atoms with E-state index in [0.717, 1.165) is 24.4 Å². The van der Waals surface area contributed by atoms with Gasteiger partial charge < -0.3 is 14.6 Å². The normalized spacial score (nSPS) is 28.0. The van der Waals surface area contributed by atoms with Gasteiger partial charge in [-0.1, -0.05) is 11.6 Å². The lowest BCUT2D eigenvalue weighted by molar-refractivity contribution is 0.0909. The van der Waals surface area contributed by atoms with E-state index >= 15 is 0 Å². The molecule has 0 radical (unpaired) electrons. The Morgan fingerprint density at radius 2 is 2.19 bits per heavy atom. The fourth-order valence-electron chi connectivity index (χ4n) is 3.65. The number of amides is 1. The largest absolute Gasteiger partial charge is 0.348 e. The molecule has 110 valence electrons. The summed E-state index contributed by atoms with van der Waals surface area (Å²) >= 11 is 6.06. The number of hydrogen-bond acceptors (Lipinski definition) is 2. The molecule has 2 aromatic heterocycles. The summed E-state index contributed by atoms with van der Waals surface area (Å²) in [6.45, 7) is 3.38. The van der Waals surface area contributed by atoms with Crippen LogP contribution in [0.4, 0.5) is 0 Å². The average Bonchev–Trinajstić information content (AvgIpc) is 3.02. The topological polar surface area (TPSA) is 36.8 Å². The Morgan fingerprint density at radius 1 is 1.29 bits per heavy atom. The van der Waals surface area contributed by atoms with Crippen molar-refractivity contribution in [2.45, 2.75) is 18.9 Å². The van der Waals surface area contributed by atoms with Gasteiger partial charge >= 0.3 is 0 Å². The maximum Gasteiger partial charge on any atom is 0.251 e. The molecule has 4 rings (SSSR count). The third-order valence-electron chi connectivity index (χ3n) is 4.67. The summed E-state index contributed by atoms with van der Waals surface area (Å²) in [5, 5.41) is 3.85. The lowest BCUT2D eigenvalue weighted by Gasteiger charge is -2.30. The SMILES string of the molecule is O=C(N[C@@H]1C[C@H]2CCN(C2)C1)c1ccn2c(Cl)ccc2c1. The Labute approximate surface area is 128 Å². The molecule has 2 aliphatic heterocycles. The van der Waals surface area contributed by atoms with Crippen molar-refractivity contribution in [2.75, 3.05) is 19.6 Å². The zero-order valence-electron chi connectivity index (χ0n) is 11.8. The number of carbonyl (C=O) groups is 1. The average molecular weight is 304 g/mol. The van der Waals surface area contributed by atoms with Crippen LogP contribution in [0.15, 0.2) is 30.5 Å². The maximum absolute atomic E-state index is 12.4. The molecule has 1 amide bonds. The highest BCUT2D eigenvalue weighted by atomic mass is 35.5. The first-order valence-electron chi connectivity index (χ1n) is 7.49. The minimum atomic E-state index is 0.0160. The molecule has 0 spiro atoms. The molecule has 2 saturated heterocycles. The van der Waals surface area contributed by atoms with Gasteiger partial charge in [0, 0.05) is 36.4 Å². The number of pyridine rings is 1. The predicted octanol–water partition coefficient (Wildman–Crippen LogP) is 2.42. The second-order valence-electron chi connectivity index (χ2n) is 6.19. The van der Waals surface area contributed by atoms with E-state index in [4.69, 9.17) is 11.6 Å². The highest BCUT2D eigenvalue weighted by Gasteiger charge is 2.32. The van der Waals surface area contributed by atoms with Crippen molar-refractivity contribution >= 4 is 23.0 Å². The zero-order chi connectivity index (χ0) is 14.4. The summed E-state index contributed by atoms with van der Waals surface area (Å²) in [5.74, 6) is 0.776. The summed E-state index contributed by atoms with van der Waals surface area (Å²) in [5.41, 5.74) is 1.64. The molecule has 3 atom stereocenters. The molecule has 0 aliphatic carbocycles. The maximum atomic E-state index is 12.4. The van der Waals surface area contributed by atoms with Crippen molar-refractivity contribution in [3.05, 3.63) is 41.2 Å². The van der Waals surface area contributed by atoms with Gasteiger partial charge in [0.1, 0.15) is 5.15 Å². The monoisotopic (exact) mass is 303 g/mol. The molecule has 4 heterocycles. The van der Waals surface area contributed by atoms with Gasteiger partial charge in [-0.05, 0) is 49.6 Å². The molecule has 5 heteroatoms. The molecule has 0 aromatic carbocycles. The van der Waals surface area contributed by atoms with E-state index in [-0.39, 0.29) is 11.9 Å². The van der Waals surface area contributed by atoms with Crippen molar-refractivity contribution < 1.29 is 4.79 Å².